The first-order valence-corrected chi connectivity index (χ1v) is 11.3. The zero-order chi connectivity index (χ0) is 20.5. The van der Waals surface area contributed by atoms with Gasteiger partial charge in [-0.15, -0.1) is 0 Å². The van der Waals surface area contributed by atoms with Gasteiger partial charge in [0.2, 0.25) is 5.91 Å². The summed E-state index contributed by atoms with van der Waals surface area (Å²) in [5, 5.41) is 10.8. The minimum atomic E-state index is -0.489. The Labute approximate surface area is 182 Å². The van der Waals surface area contributed by atoms with Crippen LogP contribution in [0.5, 0.6) is 0 Å². The average molecular weight is 426 g/mol. The highest BCUT2D eigenvalue weighted by Gasteiger charge is 2.28. The molecule has 3 aliphatic rings. The van der Waals surface area contributed by atoms with E-state index in [1.165, 1.54) is 29.5 Å². The summed E-state index contributed by atoms with van der Waals surface area (Å²) in [6, 6.07) is 12.1. The number of carbonyl (C=O) groups excluding carboxylic acids is 1. The Balaban J connectivity index is 1.43. The van der Waals surface area contributed by atoms with E-state index in [0.29, 0.717) is 24.2 Å². The summed E-state index contributed by atoms with van der Waals surface area (Å²) in [7, 11) is 0. The summed E-state index contributed by atoms with van der Waals surface area (Å²) in [6.45, 7) is 3.17. The third kappa shape index (κ3) is 4.48. The molecule has 1 amide bonds. The molecule has 5 rings (SSSR count). The van der Waals surface area contributed by atoms with Crippen molar-refractivity contribution in [3.63, 3.8) is 0 Å². The molecule has 1 aliphatic carbocycles. The van der Waals surface area contributed by atoms with Gasteiger partial charge >= 0.3 is 0 Å². The molecule has 0 bridgehead atoms. The fraction of sp³-hybridized carbons (Fsp3) is 0.458. The number of amides is 1. The van der Waals surface area contributed by atoms with Crippen LogP contribution in [0.1, 0.15) is 59.9 Å². The van der Waals surface area contributed by atoms with Gasteiger partial charge in [0.15, 0.2) is 0 Å². The minimum absolute atomic E-state index is 0.00969. The van der Waals surface area contributed by atoms with Crippen LogP contribution in [0.4, 0.5) is 5.69 Å². The van der Waals surface area contributed by atoms with E-state index in [0.717, 1.165) is 37.2 Å². The maximum Gasteiger partial charge on any atom is 0.247 e. The van der Waals surface area contributed by atoms with E-state index in [1.807, 2.05) is 12.1 Å². The summed E-state index contributed by atoms with van der Waals surface area (Å²) in [6.07, 6.45) is 4.10. The van der Waals surface area contributed by atoms with E-state index in [1.54, 1.807) is 0 Å². The molecule has 2 aliphatic heterocycles. The Morgan fingerprint density at radius 3 is 2.63 bits per heavy atom. The Bertz CT molecular complexity index is 938. The van der Waals surface area contributed by atoms with Crippen LogP contribution in [0.15, 0.2) is 36.4 Å². The zero-order valence-electron chi connectivity index (χ0n) is 17.0. The number of hydrogen-bond donors (Lipinski definition) is 3. The van der Waals surface area contributed by atoms with Crippen LogP contribution in [0.25, 0.3) is 0 Å². The molecule has 1 saturated carbocycles. The largest absolute Gasteiger partial charge is 0.381 e. The third-order valence-electron chi connectivity index (χ3n) is 6.30. The summed E-state index contributed by atoms with van der Waals surface area (Å²) in [5.74, 6) is 0.567. The van der Waals surface area contributed by atoms with E-state index in [-0.39, 0.29) is 11.9 Å². The Kier molecular flexibility index (Phi) is 5.68. The number of rotatable bonds is 6. The topological polar surface area (TPSA) is 62.4 Å². The number of fused-ring (bicyclic) bond motifs is 1. The molecule has 158 valence electrons. The molecule has 2 fully saturated rings. The first kappa shape index (κ1) is 19.9. The number of nitrogens with one attached hydrogen (secondary N) is 3. The molecule has 1 saturated heterocycles. The number of benzene rings is 2. The molecule has 3 N–H and O–H groups in total. The van der Waals surface area contributed by atoms with Gasteiger partial charge in [0.1, 0.15) is 6.04 Å². The maximum atomic E-state index is 13.4. The van der Waals surface area contributed by atoms with Crippen LogP contribution < -0.4 is 16.0 Å². The average Bonchev–Trinajstić information content (AvgIpc) is 3.50. The lowest BCUT2D eigenvalue weighted by Gasteiger charge is -2.27. The van der Waals surface area contributed by atoms with Crippen molar-refractivity contribution < 1.29 is 9.53 Å². The summed E-state index contributed by atoms with van der Waals surface area (Å²) < 4.78 is 5.44. The van der Waals surface area contributed by atoms with Gasteiger partial charge in [-0.1, -0.05) is 23.7 Å². The minimum Gasteiger partial charge on any atom is -0.381 e. The lowest BCUT2D eigenvalue weighted by molar-refractivity contribution is -0.123. The molecule has 30 heavy (non-hydrogen) atoms. The van der Waals surface area contributed by atoms with Gasteiger partial charge in [0, 0.05) is 43.1 Å². The van der Waals surface area contributed by atoms with E-state index < -0.39 is 6.04 Å². The van der Waals surface area contributed by atoms with E-state index in [2.05, 4.69) is 40.2 Å². The molecule has 0 radical (unpaired) electrons. The van der Waals surface area contributed by atoms with Crippen molar-refractivity contribution in [1.82, 2.24) is 10.6 Å². The second-order valence-electron chi connectivity index (χ2n) is 8.65. The summed E-state index contributed by atoms with van der Waals surface area (Å²) in [5.41, 5.74) is 5.72. The maximum absolute atomic E-state index is 13.4. The first-order valence-electron chi connectivity index (χ1n) is 10.9. The predicted octanol–water partition coefficient (Wildman–Crippen LogP) is 4.27. The molecule has 2 aromatic rings. The number of halogens is 1. The SMILES string of the molecule is O=C(NC1CCOCC1)[C@H](Nc1ccc2c(c1)CNC2)c1cc(Cl)cc(C2CC2)c1. The van der Waals surface area contributed by atoms with Gasteiger partial charge < -0.3 is 20.7 Å². The fourth-order valence-corrected chi connectivity index (χ4v) is 4.68. The number of ether oxygens (including phenoxy) is 1. The molecule has 2 aromatic carbocycles. The van der Waals surface area contributed by atoms with Crippen molar-refractivity contribution in [2.24, 2.45) is 0 Å². The monoisotopic (exact) mass is 425 g/mol. The summed E-state index contributed by atoms with van der Waals surface area (Å²) >= 11 is 6.46. The molecule has 0 spiro atoms. The van der Waals surface area contributed by atoms with E-state index in [9.17, 15) is 4.79 Å². The molecular formula is C24H28ClN3O2. The molecule has 6 heteroatoms. The Hall–Kier alpha value is -2.08. The van der Waals surface area contributed by atoms with Crippen molar-refractivity contribution in [2.75, 3.05) is 18.5 Å². The number of carbonyl (C=O) groups is 1. The van der Waals surface area contributed by atoms with Gasteiger partial charge in [0.05, 0.1) is 0 Å². The molecule has 0 unspecified atom stereocenters. The van der Waals surface area contributed by atoms with Gasteiger partial charge in [-0.05, 0) is 78.1 Å². The predicted molar refractivity (Wildman–Crippen MR) is 119 cm³/mol. The van der Waals surface area contributed by atoms with Crippen molar-refractivity contribution in [3.8, 4) is 0 Å². The van der Waals surface area contributed by atoms with Crippen molar-refractivity contribution in [2.45, 2.75) is 56.8 Å². The second kappa shape index (κ2) is 8.58. The van der Waals surface area contributed by atoms with E-state index in [4.69, 9.17) is 16.3 Å². The van der Waals surface area contributed by atoms with Crippen LogP contribution >= 0.6 is 11.6 Å². The van der Waals surface area contributed by atoms with Crippen molar-refractivity contribution in [1.29, 1.82) is 0 Å². The van der Waals surface area contributed by atoms with Crippen LogP contribution in [-0.4, -0.2) is 25.2 Å². The first-order chi connectivity index (χ1) is 14.7. The highest BCUT2D eigenvalue weighted by Crippen LogP contribution is 2.42. The standard InChI is InChI=1S/C24H28ClN3O2/c25-20-10-17(15-1-2-15)9-18(11-20)23(24(29)28-21-5-7-30-8-6-21)27-22-4-3-16-13-26-14-19(16)12-22/h3-4,9-12,15,21,23,26-27H,1-2,5-8,13-14H2,(H,28,29)/t23-/m1/s1. The van der Waals surface area contributed by atoms with Crippen molar-refractivity contribution in [3.05, 3.63) is 63.7 Å². The van der Waals surface area contributed by atoms with Crippen LogP contribution in [0, 0.1) is 0 Å². The fourth-order valence-electron chi connectivity index (χ4n) is 4.43. The molecular weight excluding hydrogens is 398 g/mol. The summed E-state index contributed by atoms with van der Waals surface area (Å²) in [4.78, 5) is 13.4. The zero-order valence-corrected chi connectivity index (χ0v) is 17.8. The highest BCUT2D eigenvalue weighted by atomic mass is 35.5. The Morgan fingerprint density at radius 2 is 1.83 bits per heavy atom. The molecule has 2 heterocycles. The Morgan fingerprint density at radius 1 is 1.03 bits per heavy atom. The highest BCUT2D eigenvalue weighted by molar-refractivity contribution is 6.30. The van der Waals surface area contributed by atoms with Crippen LogP contribution in [0.2, 0.25) is 5.02 Å². The van der Waals surface area contributed by atoms with E-state index >= 15 is 0 Å². The normalized spacial score (nSPS) is 19.9. The van der Waals surface area contributed by atoms with Gasteiger partial charge in [-0.3, -0.25) is 4.79 Å². The second-order valence-corrected chi connectivity index (χ2v) is 9.09. The van der Waals surface area contributed by atoms with Crippen LogP contribution in [0.3, 0.4) is 0 Å². The van der Waals surface area contributed by atoms with Gasteiger partial charge in [-0.2, -0.15) is 0 Å². The number of hydrogen-bond acceptors (Lipinski definition) is 4. The molecule has 5 nitrogen and oxygen atoms in total. The quantitative estimate of drug-likeness (QED) is 0.646. The van der Waals surface area contributed by atoms with Gasteiger partial charge in [0.25, 0.3) is 0 Å². The van der Waals surface area contributed by atoms with Gasteiger partial charge in [-0.25, -0.2) is 0 Å². The van der Waals surface area contributed by atoms with Crippen LogP contribution in [-0.2, 0) is 22.6 Å². The molecule has 1 atom stereocenters. The van der Waals surface area contributed by atoms with Crippen molar-refractivity contribution >= 4 is 23.2 Å². The molecule has 0 aromatic heterocycles. The smallest absolute Gasteiger partial charge is 0.247 e. The lowest BCUT2D eigenvalue weighted by Crippen LogP contribution is -2.43. The number of anilines is 1. The third-order valence-corrected chi connectivity index (χ3v) is 6.52. The lowest BCUT2D eigenvalue weighted by atomic mass is 9.99.